The van der Waals surface area contributed by atoms with Gasteiger partial charge >= 0.3 is 0 Å². The molecule has 3 nitrogen and oxygen atoms in total. The third kappa shape index (κ3) is 3.60. The van der Waals surface area contributed by atoms with Gasteiger partial charge in [0.2, 0.25) is 0 Å². The van der Waals surface area contributed by atoms with Crippen LogP contribution < -0.4 is 0 Å². The third-order valence-corrected chi connectivity index (χ3v) is 5.63. The summed E-state index contributed by atoms with van der Waals surface area (Å²) >= 11 is 12.4. The van der Waals surface area contributed by atoms with E-state index < -0.39 is 37.9 Å². The molecule has 0 spiro atoms. The van der Waals surface area contributed by atoms with Gasteiger partial charge < -0.3 is 0 Å². The van der Waals surface area contributed by atoms with E-state index in [2.05, 4.69) is 0 Å². The van der Waals surface area contributed by atoms with E-state index in [1.165, 1.54) is 6.07 Å². The zero-order valence-electron chi connectivity index (χ0n) is 10.1. The van der Waals surface area contributed by atoms with Crippen molar-refractivity contribution < 1.29 is 22.0 Å². The van der Waals surface area contributed by atoms with Gasteiger partial charge in [-0.2, -0.15) is 0 Å². The summed E-state index contributed by atoms with van der Waals surface area (Å²) in [5.74, 6) is -4.16. The summed E-state index contributed by atoms with van der Waals surface area (Å²) in [5, 5.41) is 0. The normalized spacial score (nSPS) is 11.6. The summed E-state index contributed by atoms with van der Waals surface area (Å²) in [4.78, 5) is 11.5. The number of carbonyl (C=O) groups is 1. The molecular formula is C12H6Cl2F2O3S2. The smallest absolute Gasteiger partial charge is 0.185 e. The molecule has 0 atom stereocenters. The molecule has 0 aliphatic carbocycles. The van der Waals surface area contributed by atoms with Crippen molar-refractivity contribution >= 4 is 50.2 Å². The second-order valence-electron chi connectivity index (χ2n) is 4.00. The zero-order chi connectivity index (χ0) is 15.8. The predicted octanol–water partition coefficient (Wildman–Crippen LogP) is 3.99. The molecular weight excluding hydrogens is 365 g/mol. The number of thiophene rings is 1. The molecule has 0 aliphatic rings. The lowest BCUT2D eigenvalue weighted by molar-refractivity contribution is 0.102. The number of hydrogen-bond donors (Lipinski definition) is 0. The molecule has 2 rings (SSSR count). The standard InChI is InChI=1S/C12H6Cl2F2O3S2/c13-11-4-7(12(14)20-11)10(17)5-21(18,19)6-1-2-8(15)9(16)3-6/h1-4H,5H2. The Morgan fingerprint density at radius 1 is 1.14 bits per heavy atom. The monoisotopic (exact) mass is 370 g/mol. The number of carbonyl (C=O) groups excluding carboxylic acids is 1. The topological polar surface area (TPSA) is 51.2 Å². The Morgan fingerprint density at radius 3 is 2.33 bits per heavy atom. The predicted molar refractivity (Wildman–Crippen MR) is 77.1 cm³/mol. The quantitative estimate of drug-likeness (QED) is 0.603. The highest BCUT2D eigenvalue weighted by molar-refractivity contribution is 7.92. The molecule has 0 unspecified atom stereocenters. The molecule has 0 N–H and O–H groups in total. The van der Waals surface area contributed by atoms with E-state index in [0.717, 1.165) is 17.4 Å². The number of Topliss-reactive ketones (excluding diaryl/α,β-unsaturated/α-hetero) is 1. The zero-order valence-corrected chi connectivity index (χ0v) is 13.2. The van der Waals surface area contributed by atoms with E-state index in [0.29, 0.717) is 12.1 Å². The third-order valence-electron chi connectivity index (χ3n) is 2.53. The molecule has 1 aromatic carbocycles. The summed E-state index contributed by atoms with van der Waals surface area (Å²) in [6, 6.07) is 3.36. The Morgan fingerprint density at radius 2 is 1.81 bits per heavy atom. The van der Waals surface area contributed by atoms with Crippen LogP contribution in [0.3, 0.4) is 0 Å². The summed E-state index contributed by atoms with van der Waals surface area (Å²) in [7, 11) is -4.11. The average molecular weight is 371 g/mol. The van der Waals surface area contributed by atoms with Gasteiger partial charge in [-0.3, -0.25) is 4.79 Å². The minimum Gasteiger partial charge on any atom is -0.293 e. The van der Waals surface area contributed by atoms with Gasteiger partial charge in [0, 0.05) is 5.56 Å². The molecule has 0 aliphatic heterocycles. The van der Waals surface area contributed by atoms with Crippen molar-refractivity contribution in [2.45, 2.75) is 4.90 Å². The second-order valence-corrected chi connectivity index (χ2v) is 8.27. The number of sulfone groups is 1. The van der Waals surface area contributed by atoms with Crippen LogP contribution in [0.1, 0.15) is 10.4 Å². The van der Waals surface area contributed by atoms with Crippen molar-refractivity contribution in [1.29, 1.82) is 0 Å². The number of benzene rings is 1. The Labute approximate surface area is 133 Å². The van der Waals surface area contributed by atoms with Crippen LogP contribution >= 0.6 is 34.5 Å². The fraction of sp³-hybridized carbons (Fsp3) is 0.0833. The maximum atomic E-state index is 13.1. The van der Waals surface area contributed by atoms with E-state index in [-0.39, 0.29) is 14.2 Å². The molecule has 21 heavy (non-hydrogen) atoms. The lowest BCUT2D eigenvalue weighted by Gasteiger charge is -2.04. The number of hydrogen-bond acceptors (Lipinski definition) is 4. The highest BCUT2D eigenvalue weighted by Gasteiger charge is 2.24. The number of ketones is 1. The maximum absolute atomic E-state index is 13.1. The minimum absolute atomic E-state index is 0.0159. The fourth-order valence-electron chi connectivity index (χ4n) is 1.53. The molecule has 1 aromatic heterocycles. The first-order chi connectivity index (χ1) is 9.70. The van der Waals surface area contributed by atoms with Gasteiger partial charge in [-0.25, -0.2) is 17.2 Å². The Kier molecular flexibility index (Phi) is 4.67. The van der Waals surface area contributed by atoms with Crippen LogP contribution in [-0.2, 0) is 9.84 Å². The second kappa shape index (κ2) is 6.00. The fourth-order valence-corrected chi connectivity index (χ4v) is 4.26. The molecule has 0 amide bonds. The molecule has 0 radical (unpaired) electrons. The Balaban J connectivity index is 2.31. The first kappa shape index (κ1) is 16.4. The minimum atomic E-state index is -4.11. The van der Waals surface area contributed by atoms with Gasteiger partial charge in [-0.15, -0.1) is 11.3 Å². The molecule has 9 heteroatoms. The van der Waals surface area contributed by atoms with E-state index in [1.54, 1.807) is 0 Å². The van der Waals surface area contributed by atoms with Gasteiger partial charge in [0.1, 0.15) is 10.1 Å². The number of rotatable bonds is 4. The van der Waals surface area contributed by atoms with Crippen LogP contribution in [0, 0.1) is 11.6 Å². The molecule has 0 fully saturated rings. The molecule has 1 heterocycles. The lowest BCUT2D eigenvalue weighted by Crippen LogP contribution is -2.16. The summed E-state index contributed by atoms with van der Waals surface area (Å²) in [6.07, 6.45) is 0. The summed E-state index contributed by atoms with van der Waals surface area (Å²) < 4.78 is 50.2. The average Bonchev–Trinajstić information content (AvgIpc) is 2.71. The molecule has 0 bridgehead atoms. The van der Waals surface area contributed by atoms with Crippen LogP contribution in [0.5, 0.6) is 0 Å². The van der Waals surface area contributed by atoms with Crippen molar-refractivity contribution in [3.63, 3.8) is 0 Å². The first-order valence-corrected chi connectivity index (χ1v) is 8.59. The van der Waals surface area contributed by atoms with Gasteiger partial charge in [-0.05, 0) is 24.3 Å². The Bertz CT molecular complexity index is 816. The van der Waals surface area contributed by atoms with Crippen LogP contribution in [-0.4, -0.2) is 20.0 Å². The number of halogens is 4. The van der Waals surface area contributed by atoms with Crippen LogP contribution in [0.15, 0.2) is 29.2 Å². The van der Waals surface area contributed by atoms with E-state index >= 15 is 0 Å². The van der Waals surface area contributed by atoms with Gasteiger partial charge in [0.15, 0.2) is 27.3 Å². The maximum Gasteiger partial charge on any atom is 0.185 e. The summed E-state index contributed by atoms with van der Waals surface area (Å²) in [6.45, 7) is 0. The van der Waals surface area contributed by atoms with E-state index in [1.807, 2.05) is 0 Å². The van der Waals surface area contributed by atoms with Crippen LogP contribution in [0.2, 0.25) is 8.67 Å². The largest absolute Gasteiger partial charge is 0.293 e. The van der Waals surface area contributed by atoms with Crippen molar-refractivity contribution in [3.05, 3.63) is 50.1 Å². The molecule has 0 saturated carbocycles. The highest BCUT2D eigenvalue weighted by atomic mass is 35.5. The Hall–Kier alpha value is -1.02. The van der Waals surface area contributed by atoms with Crippen molar-refractivity contribution in [2.24, 2.45) is 0 Å². The summed E-state index contributed by atoms with van der Waals surface area (Å²) in [5.41, 5.74) is -0.0159. The molecule has 2 aromatic rings. The highest BCUT2D eigenvalue weighted by Crippen LogP contribution is 2.32. The van der Waals surface area contributed by atoms with Gasteiger partial charge in [-0.1, -0.05) is 23.2 Å². The van der Waals surface area contributed by atoms with Crippen molar-refractivity contribution in [3.8, 4) is 0 Å². The van der Waals surface area contributed by atoms with Crippen LogP contribution in [0.25, 0.3) is 0 Å². The lowest BCUT2D eigenvalue weighted by atomic mass is 10.2. The van der Waals surface area contributed by atoms with Crippen LogP contribution in [0.4, 0.5) is 8.78 Å². The van der Waals surface area contributed by atoms with E-state index in [9.17, 15) is 22.0 Å². The SMILES string of the molecule is O=C(CS(=O)(=O)c1ccc(F)c(F)c1)c1cc(Cl)sc1Cl. The molecule has 112 valence electrons. The van der Waals surface area contributed by atoms with Gasteiger partial charge in [0.25, 0.3) is 0 Å². The first-order valence-electron chi connectivity index (χ1n) is 5.36. The molecule has 0 saturated heterocycles. The van der Waals surface area contributed by atoms with Crippen molar-refractivity contribution in [2.75, 3.05) is 5.75 Å². The van der Waals surface area contributed by atoms with Gasteiger partial charge in [0.05, 0.1) is 9.23 Å². The van der Waals surface area contributed by atoms with Crippen molar-refractivity contribution in [1.82, 2.24) is 0 Å². The van der Waals surface area contributed by atoms with E-state index in [4.69, 9.17) is 23.2 Å².